The van der Waals surface area contributed by atoms with Crippen LogP contribution in [0.3, 0.4) is 0 Å². The zero-order valence-electron chi connectivity index (χ0n) is 52.5. The second kappa shape index (κ2) is 66.9. The quantitative estimate of drug-likeness (QED) is 0.0261. The third kappa shape index (κ3) is 64.2. The van der Waals surface area contributed by atoms with Gasteiger partial charge in [-0.05, 0) is 83.5 Å². The van der Waals surface area contributed by atoms with E-state index in [1.165, 1.54) is 257 Å². The zero-order valence-corrected chi connectivity index (χ0v) is 52.5. The molecule has 0 amide bonds. The maximum absolute atomic E-state index is 12.9. The van der Waals surface area contributed by atoms with E-state index in [1.54, 1.807) is 0 Å². The van der Waals surface area contributed by atoms with E-state index in [0.29, 0.717) is 19.3 Å². The number of ether oxygens (including phenoxy) is 3. The topological polar surface area (TPSA) is 78.9 Å². The van der Waals surface area contributed by atoms with Crippen molar-refractivity contribution in [3.05, 3.63) is 48.6 Å². The molecule has 78 heavy (non-hydrogen) atoms. The Hall–Kier alpha value is -2.63. The van der Waals surface area contributed by atoms with E-state index in [9.17, 15) is 14.4 Å². The van der Waals surface area contributed by atoms with Gasteiger partial charge in [0.1, 0.15) is 13.2 Å². The maximum Gasteiger partial charge on any atom is 0.306 e. The summed E-state index contributed by atoms with van der Waals surface area (Å²) in [5.41, 5.74) is 0. The summed E-state index contributed by atoms with van der Waals surface area (Å²) in [6.07, 6.45) is 84.7. The summed E-state index contributed by atoms with van der Waals surface area (Å²) in [6.45, 7) is 6.61. The summed E-state index contributed by atoms with van der Waals surface area (Å²) < 4.78 is 16.8. The van der Waals surface area contributed by atoms with Crippen LogP contribution in [0.25, 0.3) is 0 Å². The second-order valence-corrected chi connectivity index (χ2v) is 23.4. The van der Waals surface area contributed by atoms with Crippen molar-refractivity contribution in [2.45, 2.75) is 380 Å². The second-order valence-electron chi connectivity index (χ2n) is 23.4. The highest BCUT2D eigenvalue weighted by Crippen LogP contribution is 2.18. The van der Waals surface area contributed by atoms with Gasteiger partial charge in [-0.1, -0.05) is 320 Å². The Labute approximate surface area is 486 Å². The zero-order chi connectivity index (χ0) is 56.4. The number of carbonyl (C=O) groups is 3. The number of hydrogen-bond acceptors (Lipinski definition) is 6. The van der Waals surface area contributed by atoms with Crippen molar-refractivity contribution in [1.29, 1.82) is 0 Å². The molecule has 6 heteroatoms. The maximum atomic E-state index is 12.9. The molecule has 0 aromatic heterocycles. The molecule has 0 aliphatic heterocycles. The molecule has 0 spiro atoms. The first kappa shape index (κ1) is 75.4. The molecule has 6 nitrogen and oxygen atoms in total. The predicted octanol–water partition coefficient (Wildman–Crippen LogP) is 23.7. The van der Waals surface area contributed by atoms with Gasteiger partial charge in [-0.2, -0.15) is 0 Å². The summed E-state index contributed by atoms with van der Waals surface area (Å²) in [6, 6.07) is 0. The number of esters is 3. The third-order valence-electron chi connectivity index (χ3n) is 15.6. The van der Waals surface area contributed by atoms with E-state index in [0.717, 1.165) is 77.0 Å². The van der Waals surface area contributed by atoms with Gasteiger partial charge in [0.2, 0.25) is 0 Å². The van der Waals surface area contributed by atoms with Gasteiger partial charge in [0.05, 0.1) is 0 Å². The standard InChI is InChI=1S/C72H132O6/c1-4-7-10-13-16-18-20-22-24-26-28-30-32-33-34-35-36-37-38-39-41-42-44-46-48-50-52-54-56-59-62-65-71(74)77-68-69(67-76-70(73)64-61-58-15-12-9-6-3)78-72(75)66-63-60-57-55-53-51-49-47-45-43-40-31-29-27-25-23-21-19-17-14-11-8-5-2/h21,23,26-29,40,43,69H,4-20,22,24-25,30-39,41-42,44-68H2,1-3H3/b23-21-,28-26-,29-27-,43-40-. The lowest BCUT2D eigenvalue weighted by atomic mass is 10.0. The van der Waals surface area contributed by atoms with Crippen molar-refractivity contribution in [2.75, 3.05) is 13.2 Å². The molecule has 0 N–H and O–H groups in total. The number of allylic oxidation sites excluding steroid dienone is 8. The van der Waals surface area contributed by atoms with Crippen molar-refractivity contribution in [3.63, 3.8) is 0 Å². The van der Waals surface area contributed by atoms with Gasteiger partial charge in [0.15, 0.2) is 6.10 Å². The molecule has 1 atom stereocenters. The summed E-state index contributed by atoms with van der Waals surface area (Å²) in [7, 11) is 0. The van der Waals surface area contributed by atoms with Gasteiger partial charge in [-0.25, -0.2) is 0 Å². The molecule has 456 valence electrons. The van der Waals surface area contributed by atoms with Crippen LogP contribution in [0.15, 0.2) is 48.6 Å². The Morgan fingerprint density at radius 1 is 0.256 bits per heavy atom. The van der Waals surface area contributed by atoms with Gasteiger partial charge >= 0.3 is 17.9 Å². The fourth-order valence-electron chi connectivity index (χ4n) is 10.3. The first-order valence-electron chi connectivity index (χ1n) is 34.6. The predicted molar refractivity (Wildman–Crippen MR) is 339 cm³/mol. The average molecular weight is 1090 g/mol. The van der Waals surface area contributed by atoms with Crippen LogP contribution in [0, 0.1) is 0 Å². The molecule has 0 radical (unpaired) electrons. The van der Waals surface area contributed by atoms with E-state index < -0.39 is 6.10 Å². The first-order chi connectivity index (χ1) is 38.5. The number of rotatable bonds is 64. The lowest BCUT2D eigenvalue weighted by molar-refractivity contribution is -0.167. The fraction of sp³-hybridized carbons (Fsp3) is 0.847. The minimum absolute atomic E-state index is 0.0724. The summed E-state index contributed by atoms with van der Waals surface area (Å²) in [5.74, 6) is -0.869. The van der Waals surface area contributed by atoms with Crippen LogP contribution >= 0.6 is 0 Å². The van der Waals surface area contributed by atoms with Crippen LogP contribution < -0.4 is 0 Å². The first-order valence-corrected chi connectivity index (χ1v) is 34.6. The van der Waals surface area contributed by atoms with E-state index in [-0.39, 0.29) is 31.1 Å². The van der Waals surface area contributed by atoms with E-state index in [2.05, 4.69) is 69.4 Å². The Bertz CT molecular complexity index is 1350. The van der Waals surface area contributed by atoms with Crippen LogP contribution in [0.2, 0.25) is 0 Å². The largest absolute Gasteiger partial charge is 0.462 e. The van der Waals surface area contributed by atoms with Gasteiger partial charge < -0.3 is 14.2 Å². The number of unbranched alkanes of at least 4 members (excludes halogenated alkanes) is 45. The van der Waals surface area contributed by atoms with Gasteiger partial charge in [0.25, 0.3) is 0 Å². The number of carbonyl (C=O) groups excluding carboxylic acids is 3. The van der Waals surface area contributed by atoms with Crippen LogP contribution in [-0.2, 0) is 28.6 Å². The van der Waals surface area contributed by atoms with Crippen LogP contribution in [0.4, 0.5) is 0 Å². The highest BCUT2D eigenvalue weighted by molar-refractivity contribution is 5.71. The minimum Gasteiger partial charge on any atom is -0.462 e. The van der Waals surface area contributed by atoms with Crippen molar-refractivity contribution >= 4 is 17.9 Å². The molecule has 1 unspecified atom stereocenters. The molecule has 0 aromatic carbocycles. The normalized spacial score (nSPS) is 12.3. The lowest BCUT2D eigenvalue weighted by Crippen LogP contribution is -2.30. The smallest absolute Gasteiger partial charge is 0.306 e. The molecule has 0 fully saturated rings. The third-order valence-corrected chi connectivity index (χ3v) is 15.6. The molecule has 0 saturated carbocycles. The SMILES string of the molecule is CCCCCCC/C=C\C/C=C\C/C=C\CCCCCCCCCCC(=O)OC(COC(=O)CCCCCCCC)COC(=O)CCCCCCCCCCCCCCCCCCCCC/C=C\CCCCCCCCCC. The van der Waals surface area contributed by atoms with Crippen molar-refractivity contribution < 1.29 is 28.6 Å². The summed E-state index contributed by atoms with van der Waals surface area (Å²) in [4.78, 5) is 38.1. The van der Waals surface area contributed by atoms with Gasteiger partial charge in [-0.15, -0.1) is 0 Å². The Kier molecular flexibility index (Phi) is 64.6. The molecule has 0 aliphatic carbocycles. The van der Waals surface area contributed by atoms with Crippen LogP contribution in [0.1, 0.15) is 374 Å². The Balaban J connectivity index is 3.99. The van der Waals surface area contributed by atoms with Crippen LogP contribution in [-0.4, -0.2) is 37.2 Å². The molecule has 0 heterocycles. The summed E-state index contributed by atoms with van der Waals surface area (Å²) >= 11 is 0. The monoisotopic (exact) mass is 1090 g/mol. The highest BCUT2D eigenvalue weighted by Gasteiger charge is 2.19. The van der Waals surface area contributed by atoms with E-state index in [4.69, 9.17) is 14.2 Å². The molecule has 0 aromatic rings. The Morgan fingerprint density at radius 2 is 0.462 bits per heavy atom. The molecule has 0 aliphatic rings. The molecular weight excluding hydrogens is 961 g/mol. The van der Waals surface area contributed by atoms with E-state index >= 15 is 0 Å². The highest BCUT2D eigenvalue weighted by atomic mass is 16.6. The van der Waals surface area contributed by atoms with Gasteiger partial charge in [-0.3, -0.25) is 14.4 Å². The van der Waals surface area contributed by atoms with E-state index in [1.807, 2.05) is 0 Å². The average Bonchev–Trinajstić information content (AvgIpc) is 3.44. The molecular formula is C72H132O6. The van der Waals surface area contributed by atoms with Crippen LogP contribution in [0.5, 0.6) is 0 Å². The summed E-state index contributed by atoms with van der Waals surface area (Å²) in [5, 5.41) is 0. The lowest BCUT2D eigenvalue weighted by Gasteiger charge is -2.18. The fourth-order valence-corrected chi connectivity index (χ4v) is 10.3. The number of hydrogen-bond donors (Lipinski definition) is 0. The van der Waals surface area contributed by atoms with Gasteiger partial charge in [0, 0.05) is 19.3 Å². The van der Waals surface area contributed by atoms with Crippen molar-refractivity contribution in [1.82, 2.24) is 0 Å². The molecule has 0 bridgehead atoms. The molecule has 0 rings (SSSR count). The Morgan fingerprint density at radius 3 is 0.731 bits per heavy atom. The van der Waals surface area contributed by atoms with Crippen molar-refractivity contribution in [2.24, 2.45) is 0 Å². The molecule has 0 saturated heterocycles. The minimum atomic E-state index is -0.773. The van der Waals surface area contributed by atoms with Crippen molar-refractivity contribution in [3.8, 4) is 0 Å².